The number of nitrogens with zero attached hydrogens (tertiary/aromatic N) is 5. The number of para-hydroxylation sites is 2. The first-order valence-electron chi connectivity index (χ1n) is 50.8. The lowest BCUT2D eigenvalue weighted by Crippen LogP contribution is -2.28. The standard InChI is InChI=1S/C80H56N2.C38H25N.C24H16N2/c1-53-21-17-29-61(49-53)81(63-31-19-27-59(51-63)79(57-23-5-3-6-24-57)71-37-13-9-33-65(71)66-34-10-14-38-72(66)79)75-47-43-55-42-46-70-76(48-44-56-41-45-69(75)77(55)78(56)70)82(62-30-18-22-54(2)50-62)64-32-20-28-60(52-64)80(58-25-7-4-8-26-58)73-39-15-11-35-67(73)68-36-12-16-40-74(68)80;1-2-11-30(12-3-1)39-37-17-9-8-16-34(37)36-24-28(22-23-38(36)39)26-18-20-27(21-19-26)35-25-29-10-4-5-13-31(29)32-14-6-7-15-33(32)35;1-3-7-17(8-4-1)19-13-15-25-23-21(19)11-12-22-20(14-16-26-24(22)23)18-9-5-2-6-10-18/h3-52H,1-2H3;1-25H;1-16H. The zero-order valence-electron chi connectivity index (χ0n) is 81.3. The summed E-state index contributed by atoms with van der Waals surface area (Å²) in [5.41, 5.74) is 38.6. The summed E-state index contributed by atoms with van der Waals surface area (Å²) in [5, 5.41) is 17.3. The van der Waals surface area contributed by atoms with Crippen LogP contribution in [-0.4, -0.2) is 14.5 Å². The lowest BCUT2D eigenvalue weighted by Gasteiger charge is -2.35. The summed E-state index contributed by atoms with van der Waals surface area (Å²) in [7, 11) is 0. The van der Waals surface area contributed by atoms with Crippen molar-refractivity contribution in [2.24, 2.45) is 0 Å². The number of rotatable bonds is 15. The lowest BCUT2D eigenvalue weighted by molar-refractivity contribution is 0.768. The number of pyridine rings is 2. The van der Waals surface area contributed by atoms with Crippen molar-refractivity contribution in [3.05, 3.63) is 608 Å². The predicted octanol–water partition coefficient (Wildman–Crippen LogP) is 37.4. The van der Waals surface area contributed by atoms with Crippen molar-refractivity contribution in [1.82, 2.24) is 14.5 Å². The largest absolute Gasteiger partial charge is 0.310 e. The second-order valence-electron chi connectivity index (χ2n) is 39.0. The molecule has 2 aliphatic rings. The Morgan fingerprint density at radius 1 is 0.197 bits per heavy atom. The molecule has 3 aromatic heterocycles. The van der Waals surface area contributed by atoms with Crippen molar-refractivity contribution in [3.8, 4) is 72.4 Å². The maximum absolute atomic E-state index is 4.67. The highest BCUT2D eigenvalue weighted by Crippen LogP contribution is 2.60. The smallest absolute Gasteiger partial charge is 0.0970 e. The first-order valence-corrected chi connectivity index (χ1v) is 50.8. The van der Waals surface area contributed by atoms with E-state index in [4.69, 9.17) is 0 Å². The van der Waals surface area contributed by atoms with E-state index in [1.165, 1.54) is 204 Å². The fraction of sp³-hybridized carbons (Fsp3) is 0.0282. The summed E-state index contributed by atoms with van der Waals surface area (Å²) in [6, 6.07) is 198. The van der Waals surface area contributed by atoms with Crippen molar-refractivity contribution in [3.63, 3.8) is 0 Å². The van der Waals surface area contributed by atoms with Crippen LogP contribution in [0.4, 0.5) is 34.1 Å². The van der Waals surface area contributed by atoms with Gasteiger partial charge in [-0.05, 0) is 289 Å². The quantitative estimate of drug-likeness (QED) is 0.0959. The van der Waals surface area contributed by atoms with Crippen molar-refractivity contribution >= 4 is 132 Å². The number of benzene rings is 24. The van der Waals surface area contributed by atoms with E-state index in [-0.39, 0.29) is 0 Å². The van der Waals surface area contributed by atoms with Crippen LogP contribution in [0.5, 0.6) is 0 Å². The second kappa shape index (κ2) is 36.2. The van der Waals surface area contributed by atoms with Gasteiger partial charge < -0.3 is 14.4 Å². The van der Waals surface area contributed by atoms with Crippen LogP contribution in [0.3, 0.4) is 0 Å². The summed E-state index contributed by atoms with van der Waals surface area (Å²) < 4.78 is 2.36. The Morgan fingerprint density at radius 3 is 1.04 bits per heavy atom. The van der Waals surface area contributed by atoms with Crippen molar-refractivity contribution in [1.29, 1.82) is 0 Å². The Bertz CT molecular complexity index is 9280. The molecule has 0 aliphatic heterocycles. The minimum atomic E-state index is -0.543. The van der Waals surface area contributed by atoms with E-state index in [9.17, 15) is 0 Å². The molecular formula is C142H97N5. The first-order chi connectivity index (χ1) is 72.8. The van der Waals surface area contributed by atoms with Gasteiger partial charge in [0.1, 0.15) is 0 Å². The molecular weight excluding hydrogens is 1780 g/mol. The predicted molar refractivity (Wildman–Crippen MR) is 618 cm³/mol. The number of hydrogen-bond acceptors (Lipinski definition) is 4. The first kappa shape index (κ1) is 87.1. The van der Waals surface area contributed by atoms with Crippen LogP contribution in [0.1, 0.15) is 55.6 Å². The normalized spacial score (nSPS) is 12.5. The summed E-state index contributed by atoms with van der Waals surface area (Å²) >= 11 is 0. The van der Waals surface area contributed by atoms with Gasteiger partial charge >= 0.3 is 0 Å². The van der Waals surface area contributed by atoms with Gasteiger partial charge in [0.2, 0.25) is 0 Å². The second-order valence-corrected chi connectivity index (χ2v) is 39.0. The fourth-order valence-electron chi connectivity index (χ4n) is 24.4. The molecule has 0 bridgehead atoms. The molecule has 5 heteroatoms. The van der Waals surface area contributed by atoms with E-state index in [0.29, 0.717) is 0 Å². The molecule has 0 saturated carbocycles. The fourth-order valence-corrected chi connectivity index (χ4v) is 24.4. The van der Waals surface area contributed by atoms with Gasteiger partial charge in [-0.1, -0.05) is 431 Å². The average molecular weight is 1870 g/mol. The van der Waals surface area contributed by atoms with Crippen LogP contribution in [-0.2, 0) is 10.8 Å². The number of aromatic nitrogens is 3. The Balaban J connectivity index is 0.000000134. The molecule has 2 aliphatic carbocycles. The van der Waals surface area contributed by atoms with E-state index in [1.54, 1.807) is 0 Å². The van der Waals surface area contributed by atoms with Gasteiger partial charge in [-0.25, -0.2) is 0 Å². The molecule has 147 heavy (non-hydrogen) atoms. The number of fused-ring (bicyclic) bond motifs is 15. The molecule has 27 aromatic rings. The highest BCUT2D eigenvalue weighted by molar-refractivity contribution is 6.28. The molecule has 24 aromatic carbocycles. The topological polar surface area (TPSA) is 37.2 Å². The molecule has 0 radical (unpaired) electrons. The maximum Gasteiger partial charge on any atom is 0.0970 e. The molecule has 690 valence electrons. The molecule has 3 heterocycles. The SMILES string of the molecule is Cc1cccc(N(c2cccc(C3(c4ccccc4)c4ccccc4-c4ccccc43)c2)c2ccc3ccc4c(N(c5cccc(C)c5)c5cccc(C6(c7ccccc7)c7ccccc7-c7ccccc76)c5)ccc5ccc2c3c54)c1.c1ccc(-c2ccnc3c2ccc2c(-c4ccccc4)ccnc23)cc1.c1ccc(-n2c3ccccc3c3cc(-c4ccc(-c5cc6ccccc6c6ccccc56)cc4)ccc32)cc1. The van der Waals surface area contributed by atoms with Crippen LogP contribution >= 0.6 is 0 Å². The van der Waals surface area contributed by atoms with Crippen LogP contribution in [0.25, 0.3) is 170 Å². The number of aryl methyl sites for hydroxylation is 2. The highest BCUT2D eigenvalue weighted by Gasteiger charge is 2.48. The van der Waals surface area contributed by atoms with Gasteiger partial charge in [0.05, 0.1) is 44.3 Å². The third-order valence-corrected chi connectivity index (χ3v) is 30.8. The van der Waals surface area contributed by atoms with E-state index < -0.39 is 10.8 Å². The van der Waals surface area contributed by atoms with Gasteiger partial charge in [-0.3, -0.25) is 9.97 Å². The summed E-state index contributed by atoms with van der Waals surface area (Å²) in [6.07, 6.45) is 3.75. The molecule has 0 N–H and O–H groups in total. The molecule has 0 atom stereocenters. The summed E-state index contributed by atoms with van der Waals surface area (Å²) in [6.45, 7) is 4.40. The van der Waals surface area contributed by atoms with E-state index in [1.807, 2.05) is 24.5 Å². The zero-order valence-corrected chi connectivity index (χ0v) is 81.3. The van der Waals surface area contributed by atoms with Crippen LogP contribution in [0, 0.1) is 13.8 Å². The maximum atomic E-state index is 4.67. The average Bonchev–Trinajstić information content (AvgIpc) is 1.61. The van der Waals surface area contributed by atoms with Gasteiger partial charge in [0.15, 0.2) is 0 Å². The Labute approximate surface area is 854 Å². The van der Waals surface area contributed by atoms with Gasteiger partial charge in [-0.2, -0.15) is 0 Å². The molecule has 0 fully saturated rings. The molecule has 0 spiro atoms. The Hall–Kier alpha value is -18.9. The van der Waals surface area contributed by atoms with E-state index >= 15 is 0 Å². The van der Waals surface area contributed by atoms with E-state index in [0.717, 1.165) is 55.9 Å². The highest BCUT2D eigenvalue weighted by atomic mass is 15.2. The van der Waals surface area contributed by atoms with Crippen LogP contribution in [0.15, 0.2) is 552 Å². The van der Waals surface area contributed by atoms with E-state index in [2.05, 4.69) is 566 Å². The van der Waals surface area contributed by atoms with Crippen molar-refractivity contribution < 1.29 is 0 Å². The zero-order chi connectivity index (χ0) is 97.6. The summed E-state index contributed by atoms with van der Waals surface area (Å²) in [4.78, 5) is 14.3. The van der Waals surface area contributed by atoms with Crippen molar-refractivity contribution in [2.45, 2.75) is 24.7 Å². The molecule has 0 unspecified atom stereocenters. The number of anilines is 6. The summed E-state index contributed by atoms with van der Waals surface area (Å²) in [5.74, 6) is 0. The minimum Gasteiger partial charge on any atom is -0.310 e. The van der Waals surface area contributed by atoms with Gasteiger partial charge in [0.25, 0.3) is 0 Å². The van der Waals surface area contributed by atoms with Gasteiger partial charge in [0, 0.05) is 73.1 Å². The molecule has 0 amide bonds. The van der Waals surface area contributed by atoms with Crippen LogP contribution < -0.4 is 9.80 Å². The molecule has 0 saturated heterocycles. The third kappa shape index (κ3) is 14.5. The third-order valence-electron chi connectivity index (χ3n) is 30.8. The monoisotopic (exact) mass is 1870 g/mol. The Kier molecular flexibility index (Phi) is 21.5. The Morgan fingerprint density at radius 2 is 0.558 bits per heavy atom. The van der Waals surface area contributed by atoms with Crippen molar-refractivity contribution in [2.75, 3.05) is 9.80 Å². The van der Waals surface area contributed by atoms with Crippen LogP contribution in [0.2, 0.25) is 0 Å². The lowest BCUT2D eigenvalue weighted by atomic mass is 9.67. The minimum absolute atomic E-state index is 0.543. The van der Waals surface area contributed by atoms with Gasteiger partial charge in [-0.15, -0.1) is 0 Å². The number of hydrogen-bond donors (Lipinski definition) is 0. The molecule has 29 rings (SSSR count). The molecule has 5 nitrogen and oxygen atoms in total.